The van der Waals surface area contributed by atoms with Crippen molar-refractivity contribution in [3.63, 3.8) is 0 Å². The molecule has 0 radical (unpaired) electrons. The Kier molecular flexibility index (Phi) is 3.19. The molecule has 1 atom stereocenters. The van der Waals surface area contributed by atoms with Gasteiger partial charge in [0, 0.05) is 16.8 Å². The molecular weight excluding hydrogens is 266 g/mol. The number of carbonyl (C=O) groups is 2. The molecule has 1 aliphatic heterocycles. The molecule has 2 aromatic carbocycles. The number of nitrogens with two attached hydrogens (primary N) is 2. The maximum atomic E-state index is 12.3. The van der Waals surface area contributed by atoms with E-state index in [1.54, 1.807) is 23.1 Å². The average Bonchev–Trinajstić information content (AvgIpc) is 2.73. The van der Waals surface area contributed by atoms with Crippen LogP contribution >= 0.6 is 0 Å². The van der Waals surface area contributed by atoms with Gasteiger partial charge in [-0.1, -0.05) is 30.3 Å². The summed E-state index contributed by atoms with van der Waals surface area (Å²) in [6.07, 6.45) is 0. The van der Waals surface area contributed by atoms with E-state index in [2.05, 4.69) is 0 Å². The highest BCUT2D eigenvalue weighted by Gasteiger charge is 2.34. The fourth-order valence-corrected chi connectivity index (χ4v) is 2.58. The van der Waals surface area contributed by atoms with Crippen molar-refractivity contribution in [3.05, 3.63) is 65.2 Å². The molecule has 0 aromatic heterocycles. The number of hydrogen-bond donors (Lipinski definition) is 2. The summed E-state index contributed by atoms with van der Waals surface area (Å²) >= 11 is 0. The summed E-state index contributed by atoms with van der Waals surface area (Å²) in [5, 5.41) is 0. The molecule has 2 aromatic rings. The molecule has 5 heteroatoms. The van der Waals surface area contributed by atoms with Crippen LogP contribution in [0.25, 0.3) is 0 Å². The van der Waals surface area contributed by atoms with Crippen LogP contribution in [0.15, 0.2) is 48.5 Å². The highest BCUT2D eigenvalue weighted by atomic mass is 16.2. The fraction of sp³-hybridized carbons (Fsp3) is 0.125. The van der Waals surface area contributed by atoms with Crippen molar-refractivity contribution >= 4 is 17.5 Å². The Bertz CT molecular complexity index is 727. The van der Waals surface area contributed by atoms with Gasteiger partial charge in [-0.15, -0.1) is 0 Å². The largest absolute Gasteiger partial charge is 0.366 e. The minimum atomic E-state index is -0.625. The lowest BCUT2D eigenvalue weighted by atomic mass is 10.1. The van der Waals surface area contributed by atoms with Gasteiger partial charge in [0.25, 0.3) is 0 Å². The summed E-state index contributed by atoms with van der Waals surface area (Å²) < 4.78 is 0. The van der Waals surface area contributed by atoms with Crippen LogP contribution in [0.4, 0.5) is 5.69 Å². The molecule has 5 nitrogen and oxygen atoms in total. The van der Waals surface area contributed by atoms with E-state index in [4.69, 9.17) is 11.5 Å². The van der Waals surface area contributed by atoms with Crippen LogP contribution < -0.4 is 16.4 Å². The zero-order valence-corrected chi connectivity index (χ0v) is 11.3. The molecule has 0 spiro atoms. The molecular formula is C16H15N3O2. The monoisotopic (exact) mass is 281 g/mol. The van der Waals surface area contributed by atoms with Crippen LogP contribution in [0.3, 0.4) is 0 Å². The number of anilines is 1. The standard InChI is InChI=1S/C16H15N3O2/c17-14-12-6-1-2-7-13(12)19(16(14)21)9-10-4-3-5-11(8-10)15(18)20/h1-8,14H,9,17H2,(H2,18,20). The summed E-state index contributed by atoms with van der Waals surface area (Å²) in [7, 11) is 0. The number of benzene rings is 2. The Labute approximate surface area is 122 Å². The molecule has 21 heavy (non-hydrogen) atoms. The van der Waals surface area contributed by atoms with E-state index in [1.165, 1.54) is 0 Å². The molecule has 1 aliphatic rings. The van der Waals surface area contributed by atoms with E-state index in [0.717, 1.165) is 16.8 Å². The molecule has 0 saturated carbocycles. The van der Waals surface area contributed by atoms with Gasteiger partial charge in [-0.2, -0.15) is 0 Å². The lowest BCUT2D eigenvalue weighted by Crippen LogP contribution is -2.31. The second kappa shape index (κ2) is 5.03. The van der Waals surface area contributed by atoms with Gasteiger partial charge in [0.2, 0.25) is 11.8 Å². The summed E-state index contributed by atoms with van der Waals surface area (Å²) in [5.41, 5.74) is 14.1. The molecule has 0 fully saturated rings. The Balaban J connectivity index is 1.94. The van der Waals surface area contributed by atoms with Crippen molar-refractivity contribution in [1.82, 2.24) is 0 Å². The van der Waals surface area contributed by atoms with Gasteiger partial charge in [0.1, 0.15) is 6.04 Å². The van der Waals surface area contributed by atoms with E-state index in [1.807, 2.05) is 30.3 Å². The highest BCUT2D eigenvalue weighted by molar-refractivity contribution is 6.04. The van der Waals surface area contributed by atoms with E-state index in [0.29, 0.717) is 12.1 Å². The van der Waals surface area contributed by atoms with Gasteiger partial charge >= 0.3 is 0 Å². The van der Waals surface area contributed by atoms with Crippen LogP contribution in [0.1, 0.15) is 27.5 Å². The van der Waals surface area contributed by atoms with Gasteiger partial charge in [-0.05, 0) is 23.8 Å². The minimum Gasteiger partial charge on any atom is -0.366 e. The average molecular weight is 281 g/mol. The van der Waals surface area contributed by atoms with Gasteiger partial charge < -0.3 is 16.4 Å². The summed E-state index contributed by atoms with van der Waals surface area (Å²) in [6, 6.07) is 13.8. The van der Waals surface area contributed by atoms with Crippen molar-refractivity contribution < 1.29 is 9.59 Å². The number of amides is 2. The lowest BCUT2D eigenvalue weighted by Gasteiger charge is -2.18. The van der Waals surface area contributed by atoms with Crippen molar-refractivity contribution in [2.75, 3.05) is 4.90 Å². The molecule has 0 bridgehead atoms. The predicted octanol–water partition coefficient (Wildman–Crippen LogP) is 1.33. The van der Waals surface area contributed by atoms with Crippen LogP contribution in [-0.2, 0) is 11.3 Å². The SMILES string of the molecule is NC(=O)c1cccc(CN2C(=O)C(N)c3ccccc32)c1. The first-order valence-electron chi connectivity index (χ1n) is 6.62. The van der Waals surface area contributed by atoms with E-state index in [9.17, 15) is 9.59 Å². The summed E-state index contributed by atoms with van der Waals surface area (Å²) in [6.45, 7) is 0.366. The first-order valence-corrected chi connectivity index (χ1v) is 6.62. The molecule has 1 unspecified atom stereocenters. The van der Waals surface area contributed by atoms with E-state index >= 15 is 0 Å². The second-order valence-corrected chi connectivity index (χ2v) is 5.03. The molecule has 0 aliphatic carbocycles. The number of hydrogen-bond acceptors (Lipinski definition) is 3. The van der Waals surface area contributed by atoms with Crippen molar-refractivity contribution in [2.24, 2.45) is 11.5 Å². The number of fused-ring (bicyclic) bond motifs is 1. The Hall–Kier alpha value is -2.66. The quantitative estimate of drug-likeness (QED) is 0.889. The Morgan fingerprint density at radius 1 is 1.14 bits per heavy atom. The molecule has 1 heterocycles. The van der Waals surface area contributed by atoms with Crippen LogP contribution in [0, 0.1) is 0 Å². The molecule has 3 rings (SSSR count). The third-order valence-electron chi connectivity index (χ3n) is 3.65. The van der Waals surface area contributed by atoms with E-state index in [-0.39, 0.29) is 5.91 Å². The maximum absolute atomic E-state index is 12.3. The molecule has 2 amide bonds. The topological polar surface area (TPSA) is 89.4 Å². The number of carbonyl (C=O) groups excluding carboxylic acids is 2. The molecule has 106 valence electrons. The third kappa shape index (κ3) is 2.28. The number of nitrogens with zero attached hydrogens (tertiary/aromatic N) is 1. The number of rotatable bonds is 3. The maximum Gasteiger partial charge on any atom is 0.248 e. The van der Waals surface area contributed by atoms with Crippen molar-refractivity contribution in [1.29, 1.82) is 0 Å². The fourth-order valence-electron chi connectivity index (χ4n) is 2.58. The van der Waals surface area contributed by atoms with Crippen LogP contribution in [0.5, 0.6) is 0 Å². The lowest BCUT2D eigenvalue weighted by molar-refractivity contribution is -0.119. The molecule has 0 saturated heterocycles. The zero-order valence-electron chi connectivity index (χ0n) is 11.3. The number of para-hydroxylation sites is 1. The van der Waals surface area contributed by atoms with Gasteiger partial charge in [0.05, 0.1) is 6.54 Å². The Morgan fingerprint density at radius 2 is 1.90 bits per heavy atom. The van der Waals surface area contributed by atoms with E-state index < -0.39 is 11.9 Å². The first-order chi connectivity index (χ1) is 10.1. The third-order valence-corrected chi connectivity index (χ3v) is 3.65. The Morgan fingerprint density at radius 3 is 2.67 bits per heavy atom. The predicted molar refractivity (Wildman–Crippen MR) is 79.5 cm³/mol. The van der Waals surface area contributed by atoms with Crippen molar-refractivity contribution in [2.45, 2.75) is 12.6 Å². The van der Waals surface area contributed by atoms with Gasteiger partial charge in [0.15, 0.2) is 0 Å². The minimum absolute atomic E-state index is 0.138. The summed E-state index contributed by atoms with van der Waals surface area (Å²) in [4.78, 5) is 25.2. The zero-order chi connectivity index (χ0) is 15.0. The van der Waals surface area contributed by atoms with Gasteiger partial charge in [-0.3, -0.25) is 9.59 Å². The smallest absolute Gasteiger partial charge is 0.248 e. The van der Waals surface area contributed by atoms with Gasteiger partial charge in [-0.25, -0.2) is 0 Å². The highest BCUT2D eigenvalue weighted by Crippen LogP contribution is 2.35. The van der Waals surface area contributed by atoms with Crippen LogP contribution in [0.2, 0.25) is 0 Å². The van der Waals surface area contributed by atoms with Crippen LogP contribution in [-0.4, -0.2) is 11.8 Å². The second-order valence-electron chi connectivity index (χ2n) is 5.03. The first kappa shape index (κ1) is 13.3. The van der Waals surface area contributed by atoms with Crippen molar-refractivity contribution in [3.8, 4) is 0 Å². The molecule has 4 N–H and O–H groups in total. The summed E-state index contributed by atoms with van der Waals surface area (Å²) in [5.74, 6) is -0.623. The number of primary amides is 1. The normalized spacial score (nSPS) is 16.9.